The molecule has 4 aromatic rings. The van der Waals surface area contributed by atoms with Gasteiger partial charge in [-0.2, -0.15) is 0 Å². The monoisotopic (exact) mass is 462 g/mol. The Hall–Kier alpha value is -3.52. The largest absolute Gasteiger partial charge is 0.486 e. The van der Waals surface area contributed by atoms with Crippen LogP contribution in [0.5, 0.6) is 5.75 Å². The Kier molecular flexibility index (Phi) is 6.15. The first kappa shape index (κ1) is 22.3. The highest BCUT2D eigenvalue weighted by molar-refractivity contribution is 5.80. The van der Waals surface area contributed by atoms with Gasteiger partial charge in [0.2, 0.25) is 0 Å². The van der Waals surface area contributed by atoms with E-state index in [1.807, 2.05) is 13.0 Å². The summed E-state index contributed by atoms with van der Waals surface area (Å²) in [6, 6.07) is 8.21. The van der Waals surface area contributed by atoms with Crippen LogP contribution in [0, 0.1) is 12.7 Å². The highest BCUT2D eigenvalue weighted by Gasteiger charge is 2.26. The van der Waals surface area contributed by atoms with Crippen molar-refractivity contribution < 1.29 is 13.7 Å². The van der Waals surface area contributed by atoms with Crippen molar-refractivity contribution in [2.24, 2.45) is 0 Å². The number of rotatable bonds is 7. The van der Waals surface area contributed by atoms with Gasteiger partial charge >= 0.3 is 0 Å². The van der Waals surface area contributed by atoms with E-state index in [1.165, 1.54) is 12.1 Å². The molecule has 4 heterocycles. The van der Waals surface area contributed by atoms with Crippen molar-refractivity contribution in [1.82, 2.24) is 19.4 Å². The predicted molar refractivity (Wildman–Crippen MR) is 128 cm³/mol. The summed E-state index contributed by atoms with van der Waals surface area (Å²) in [5.41, 5.74) is 2.49. The third-order valence-electron chi connectivity index (χ3n) is 6.58. The normalized spacial score (nSPS) is 15.2. The van der Waals surface area contributed by atoms with E-state index in [2.05, 4.69) is 21.6 Å². The Morgan fingerprint density at radius 1 is 1.29 bits per heavy atom. The third-order valence-corrected chi connectivity index (χ3v) is 6.58. The van der Waals surface area contributed by atoms with Crippen molar-refractivity contribution in [2.45, 2.75) is 32.1 Å². The average molecular weight is 463 g/mol. The smallest absolute Gasteiger partial charge is 0.261 e. The number of hydrogen-bond donors (Lipinski definition) is 0. The fourth-order valence-corrected chi connectivity index (χ4v) is 4.75. The lowest BCUT2D eigenvalue weighted by Gasteiger charge is -2.31. The zero-order valence-electron chi connectivity index (χ0n) is 19.2. The fraction of sp³-hybridized carbons (Fsp3) is 0.346. The minimum Gasteiger partial charge on any atom is -0.486 e. The molecule has 1 saturated heterocycles. The van der Waals surface area contributed by atoms with Crippen LogP contribution in [0.1, 0.15) is 35.8 Å². The van der Waals surface area contributed by atoms with E-state index in [0.29, 0.717) is 29.9 Å². The van der Waals surface area contributed by atoms with Crippen LogP contribution in [0.25, 0.3) is 16.6 Å². The average Bonchev–Trinajstić information content (AvgIpc) is 3.26. The maximum absolute atomic E-state index is 13.4. The van der Waals surface area contributed by atoms with Gasteiger partial charge in [-0.1, -0.05) is 17.8 Å². The topological polar surface area (TPSA) is 72.9 Å². The molecule has 1 fully saturated rings. The summed E-state index contributed by atoms with van der Waals surface area (Å²) >= 11 is 0. The predicted octanol–water partition coefficient (Wildman–Crippen LogP) is 4.27. The molecule has 0 saturated carbocycles. The van der Waals surface area contributed by atoms with Crippen molar-refractivity contribution in [2.75, 3.05) is 26.2 Å². The summed E-state index contributed by atoms with van der Waals surface area (Å²) in [5.74, 6) is 1.36. The van der Waals surface area contributed by atoms with E-state index in [0.717, 1.165) is 54.9 Å². The molecule has 7 nitrogen and oxygen atoms in total. The second kappa shape index (κ2) is 9.38. The number of nitrogens with zero attached hydrogens (tertiary/aromatic N) is 4. The van der Waals surface area contributed by atoms with Gasteiger partial charge in [0.15, 0.2) is 11.4 Å². The molecular formula is C26H27FN4O3. The van der Waals surface area contributed by atoms with Gasteiger partial charge in [0, 0.05) is 41.4 Å². The van der Waals surface area contributed by atoms with Crippen molar-refractivity contribution in [3.8, 4) is 5.75 Å². The molecule has 0 aliphatic carbocycles. The first-order chi connectivity index (χ1) is 16.5. The van der Waals surface area contributed by atoms with Crippen molar-refractivity contribution in [1.29, 1.82) is 0 Å². The van der Waals surface area contributed by atoms with Gasteiger partial charge in [-0.25, -0.2) is 9.37 Å². The van der Waals surface area contributed by atoms with Crippen molar-refractivity contribution in [3.05, 3.63) is 82.4 Å². The van der Waals surface area contributed by atoms with Gasteiger partial charge in [-0.3, -0.25) is 9.20 Å². The summed E-state index contributed by atoms with van der Waals surface area (Å²) in [6.07, 6.45) is 5.89. The quantitative estimate of drug-likeness (QED) is 0.382. The van der Waals surface area contributed by atoms with Crippen LogP contribution in [-0.4, -0.2) is 45.7 Å². The minimum absolute atomic E-state index is 0.0539. The van der Waals surface area contributed by atoms with E-state index >= 15 is 0 Å². The molecule has 1 aliphatic rings. The maximum Gasteiger partial charge on any atom is 0.261 e. The molecule has 0 atom stereocenters. The Morgan fingerprint density at radius 3 is 2.91 bits per heavy atom. The lowest BCUT2D eigenvalue weighted by molar-refractivity contribution is 0.199. The zero-order valence-corrected chi connectivity index (χ0v) is 19.2. The first-order valence-electron chi connectivity index (χ1n) is 11.6. The highest BCUT2D eigenvalue weighted by Crippen LogP contribution is 2.33. The van der Waals surface area contributed by atoms with Crippen LogP contribution in [0.4, 0.5) is 4.39 Å². The lowest BCUT2D eigenvalue weighted by Crippen LogP contribution is -2.35. The van der Waals surface area contributed by atoms with Crippen LogP contribution in [-0.2, 0) is 6.42 Å². The van der Waals surface area contributed by atoms with E-state index in [1.54, 1.807) is 28.8 Å². The van der Waals surface area contributed by atoms with Gasteiger partial charge in [0.25, 0.3) is 5.56 Å². The van der Waals surface area contributed by atoms with Gasteiger partial charge in [0.1, 0.15) is 23.7 Å². The number of ether oxygens (including phenoxy) is 1. The number of likely N-dealkylation sites (tertiary alicyclic amines) is 1. The Balaban J connectivity index is 1.26. The number of pyridine rings is 1. The SMILES string of the molecule is C=CCOc1cccn2c(=O)c(CCN3CCC(c4onc5cc(F)ccc45)CC3)c(C)nc12. The Labute approximate surface area is 196 Å². The molecule has 34 heavy (non-hydrogen) atoms. The number of fused-ring (bicyclic) bond motifs is 2. The summed E-state index contributed by atoms with van der Waals surface area (Å²) in [7, 11) is 0. The molecule has 0 radical (unpaired) electrons. The molecule has 0 amide bonds. The van der Waals surface area contributed by atoms with Crippen molar-refractivity contribution >= 4 is 16.6 Å². The highest BCUT2D eigenvalue weighted by atomic mass is 19.1. The summed E-state index contributed by atoms with van der Waals surface area (Å²) in [5, 5.41) is 4.92. The molecule has 3 aromatic heterocycles. The molecule has 1 aromatic carbocycles. The maximum atomic E-state index is 13.4. The molecule has 0 unspecified atom stereocenters. The third kappa shape index (κ3) is 4.21. The van der Waals surface area contributed by atoms with Crippen LogP contribution in [0.15, 0.2) is 58.5 Å². The van der Waals surface area contributed by atoms with Gasteiger partial charge in [0.05, 0.1) is 0 Å². The number of benzene rings is 1. The lowest BCUT2D eigenvalue weighted by atomic mass is 9.92. The van der Waals surface area contributed by atoms with Crippen LogP contribution >= 0.6 is 0 Å². The van der Waals surface area contributed by atoms with Crippen LogP contribution in [0.2, 0.25) is 0 Å². The number of piperidine rings is 1. The molecule has 1 aliphatic heterocycles. The Bertz CT molecular complexity index is 1400. The molecule has 176 valence electrons. The molecule has 0 N–H and O–H groups in total. The summed E-state index contributed by atoms with van der Waals surface area (Å²) in [6.45, 7) is 8.48. The van der Waals surface area contributed by atoms with Gasteiger partial charge in [-0.05, 0) is 63.5 Å². The molecular weight excluding hydrogens is 435 g/mol. The van der Waals surface area contributed by atoms with E-state index in [4.69, 9.17) is 9.26 Å². The van der Waals surface area contributed by atoms with Crippen molar-refractivity contribution in [3.63, 3.8) is 0 Å². The summed E-state index contributed by atoms with van der Waals surface area (Å²) in [4.78, 5) is 20.2. The second-order valence-electron chi connectivity index (χ2n) is 8.72. The van der Waals surface area contributed by atoms with E-state index in [-0.39, 0.29) is 17.3 Å². The minimum atomic E-state index is -0.308. The van der Waals surface area contributed by atoms with Gasteiger partial charge < -0.3 is 14.2 Å². The van der Waals surface area contributed by atoms with E-state index < -0.39 is 0 Å². The number of aryl methyl sites for hydroxylation is 1. The standard InChI is InChI=1S/C26H27FN4O3/c1-3-15-33-23-5-4-11-31-25(23)28-17(2)20(26(31)32)10-14-30-12-8-18(9-13-30)24-21-7-6-19(27)16-22(21)29-34-24/h3-7,11,16,18H,1,8-10,12-15H2,2H3. The molecule has 0 spiro atoms. The molecule has 8 heteroatoms. The molecule has 0 bridgehead atoms. The van der Waals surface area contributed by atoms with Gasteiger partial charge in [-0.15, -0.1) is 0 Å². The zero-order chi connectivity index (χ0) is 23.7. The fourth-order valence-electron chi connectivity index (χ4n) is 4.75. The number of hydrogen-bond acceptors (Lipinski definition) is 6. The van der Waals surface area contributed by atoms with E-state index in [9.17, 15) is 9.18 Å². The number of aromatic nitrogens is 3. The second-order valence-corrected chi connectivity index (χ2v) is 8.72. The van der Waals surface area contributed by atoms with Crippen LogP contribution < -0.4 is 10.3 Å². The first-order valence-corrected chi connectivity index (χ1v) is 11.6. The number of halogens is 1. The molecule has 5 rings (SSSR count). The van der Waals surface area contributed by atoms with Crippen LogP contribution in [0.3, 0.4) is 0 Å². The Morgan fingerprint density at radius 2 is 2.12 bits per heavy atom. The summed E-state index contributed by atoms with van der Waals surface area (Å²) < 4.78 is 26.3.